The number of aliphatic imine (C=N–C) groups is 1. The van der Waals surface area contributed by atoms with Gasteiger partial charge in [0, 0.05) is 30.9 Å². The summed E-state index contributed by atoms with van der Waals surface area (Å²) >= 11 is 0. The number of nitrogens with one attached hydrogen (secondary N) is 1. The first-order valence-electron chi connectivity index (χ1n) is 17.7. The van der Waals surface area contributed by atoms with Crippen molar-refractivity contribution in [2.24, 2.45) is 4.99 Å². The Labute approximate surface area is 297 Å². The molecule has 1 radical (unpaired) electrons. The van der Waals surface area contributed by atoms with Gasteiger partial charge in [-0.1, -0.05) is 33.6 Å². The molecule has 8 rings (SSSR count). The summed E-state index contributed by atoms with van der Waals surface area (Å²) in [5, 5.41) is 3.49. The number of benzene rings is 2. The third kappa shape index (κ3) is 6.78. The predicted octanol–water partition coefficient (Wildman–Crippen LogP) is 4.49. The van der Waals surface area contributed by atoms with Gasteiger partial charge in [0.05, 0.1) is 17.3 Å². The van der Waals surface area contributed by atoms with Crippen molar-refractivity contribution in [3.63, 3.8) is 0 Å². The van der Waals surface area contributed by atoms with Crippen molar-refractivity contribution in [3.05, 3.63) is 112 Å². The van der Waals surface area contributed by atoms with Crippen LogP contribution in [0.2, 0.25) is 0 Å². The maximum atomic E-state index is 14.5. The van der Waals surface area contributed by atoms with E-state index < -0.39 is 23.1 Å². The van der Waals surface area contributed by atoms with Crippen LogP contribution in [0.25, 0.3) is 27.8 Å². The Morgan fingerprint density at radius 1 is 1.00 bits per heavy atom. The van der Waals surface area contributed by atoms with Gasteiger partial charge in [-0.2, -0.15) is 10.1 Å². The fourth-order valence-corrected chi connectivity index (χ4v) is 7.47. The summed E-state index contributed by atoms with van der Waals surface area (Å²) < 4.78 is 36.7. The third-order valence-electron chi connectivity index (χ3n) is 10.2. The summed E-state index contributed by atoms with van der Waals surface area (Å²) in [6.07, 6.45) is 9.59. The minimum Gasteiger partial charge on any atom is -0.492 e. The van der Waals surface area contributed by atoms with Crippen molar-refractivity contribution in [2.45, 2.75) is 50.6 Å². The molecule has 0 unspecified atom stereocenters. The van der Waals surface area contributed by atoms with E-state index in [2.05, 4.69) is 20.2 Å². The maximum absolute atomic E-state index is 14.5. The summed E-state index contributed by atoms with van der Waals surface area (Å²) in [5.41, 5.74) is 1.32. The molecule has 2 fully saturated rings. The molecular weight excluding hydrogens is 670 g/mol. The van der Waals surface area contributed by atoms with Gasteiger partial charge in [-0.3, -0.25) is 19.1 Å². The molecule has 4 aromatic rings. The number of rotatable bonds is 9. The minimum atomic E-state index is -0.681. The molecule has 12 nitrogen and oxygen atoms in total. The average molecular weight is 709 g/mol. The topological polar surface area (TPSA) is 120 Å². The Morgan fingerprint density at radius 3 is 2.58 bits per heavy atom. The van der Waals surface area contributed by atoms with E-state index in [1.807, 2.05) is 42.5 Å². The first kappa shape index (κ1) is 33.7. The van der Waals surface area contributed by atoms with Gasteiger partial charge in [-0.25, -0.2) is 18.7 Å². The van der Waals surface area contributed by atoms with Crippen LogP contribution in [0.15, 0.2) is 99.5 Å². The van der Waals surface area contributed by atoms with E-state index in [-0.39, 0.29) is 35.3 Å². The zero-order valence-corrected chi connectivity index (χ0v) is 28.5. The second-order valence-electron chi connectivity index (χ2n) is 13.6. The number of amidine groups is 1. The maximum Gasteiger partial charge on any atom is 0.337 e. The van der Waals surface area contributed by atoms with Crippen molar-refractivity contribution in [3.8, 4) is 22.6 Å². The van der Waals surface area contributed by atoms with Crippen molar-refractivity contribution in [1.29, 1.82) is 0 Å². The number of pyridine rings is 1. The number of aromatic nitrogens is 3. The van der Waals surface area contributed by atoms with E-state index >= 15 is 0 Å². The Bertz CT molecular complexity index is 2220. The molecule has 4 aliphatic rings. The lowest BCUT2D eigenvalue weighted by Crippen LogP contribution is -2.45. The Morgan fingerprint density at radius 2 is 1.79 bits per heavy atom. The van der Waals surface area contributed by atoms with Crippen LogP contribution in [-0.2, 0) is 4.79 Å². The van der Waals surface area contributed by atoms with Crippen molar-refractivity contribution < 1.29 is 18.4 Å². The van der Waals surface area contributed by atoms with Gasteiger partial charge in [-0.15, -0.1) is 0 Å². The highest BCUT2D eigenvalue weighted by Crippen LogP contribution is 2.29. The highest BCUT2D eigenvalue weighted by atomic mass is 19.2. The van der Waals surface area contributed by atoms with Crippen LogP contribution in [0.1, 0.15) is 44.6 Å². The van der Waals surface area contributed by atoms with Gasteiger partial charge in [0.1, 0.15) is 18.2 Å². The fourth-order valence-electron chi connectivity index (χ4n) is 7.47. The first-order chi connectivity index (χ1) is 25.3. The van der Waals surface area contributed by atoms with Gasteiger partial charge in [0.15, 0.2) is 17.5 Å². The molecule has 1 N–H and O–H groups in total. The second-order valence-corrected chi connectivity index (χ2v) is 13.6. The lowest BCUT2D eigenvalue weighted by atomic mass is 9.90. The number of nitrogens with zero attached hydrogens (tertiary/aromatic N) is 7. The van der Waals surface area contributed by atoms with Crippen LogP contribution in [0.5, 0.6) is 5.75 Å². The molecule has 267 valence electrons. The van der Waals surface area contributed by atoms with Crippen LogP contribution in [0.4, 0.5) is 8.87 Å². The molecule has 1 aliphatic carbocycles. The summed E-state index contributed by atoms with van der Waals surface area (Å²) in [6, 6.07) is 15.6. The summed E-state index contributed by atoms with van der Waals surface area (Å²) in [6.45, 7) is 3.71. The molecule has 2 aromatic carbocycles. The predicted molar refractivity (Wildman–Crippen MR) is 192 cm³/mol. The third-order valence-corrected chi connectivity index (χ3v) is 10.2. The van der Waals surface area contributed by atoms with E-state index in [4.69, 9.17) is 4.74 Å². The summed E-state index contributed by atoms with van der Waals surface area (Å²) in [5.74, 6) is 0.203. The standard InChI is InChI=1S/C38H38F2N8O4/c39-27-21-32-35(41-22-27)47(30-5-3-4-26(20-30)25-6-12-31(13-7-25)52-19-18-44-15-1-2-16-44)38(51)48(37(32)50)29-10-8-28(9-11-29)42-36(49)33-23-45-24-46(40)17-14-34(45)43-33/h3-7,12-14,17,20-23,28-29H,1-2,8-11,15-16,18-19,24H2,(H,42,49)/q+1. The first-order valence-corrected chi connectivity index (χ1v) is 17.7. The Hall–Kier alpha value is -5.47. The van der Waals surface area contributed by atoms with Crippen molar-refractivity contribution in [1.82, 2.24) is 34.4 Å². The highest BCUT2D eigenvalue weighted by molar-refractivity contribution is 6.05. The van der Waals surface area contributed by atoms with Gasteiger partial charge in [0.2, 0.25) is 6.67 Å². The molecular formula is C38H38F2N8O4+. The molecule has 1 saturated heterocycles. The molecule has 2 aromatic heterocycles. The van der Waals surface area contributed by atoms with Gasteiger partial charge in [-0.05, 0) is 93.1 Å². The number of hydrogen-bond donors (Lipinski definition) is 1. The zero-order valence-electron chi connectivity index (χ0n) is 28.5. The van der Waals surface area contributed by atoms with Crippen LogP contribution in [0, 0.1) is 5.82 Å². The largest absolute Gasteiger partial charge is 0.492 e. The monoisotopic (exact) mass is 708 g/mol. The van der Waals surface area contributed by atoms with Crippen LogP contribution in [0.3, 0.4) is 0 Å². The summed E-state index contributed by atoms with van der Waals surface area (Å²) in [7, 11) is 0. The molecule has 1 amide bonds. The molecule has 52 heavy (non-hydrogen) atoms. The molecule has 0 atom stereocenters. The molecule has 0 bridgehead atoms. The minimum absolute atomic E-state index is 0.000468. The van der Waals surface area contributed by atoms with E-state index in [1.54, 1.807) is 11.0 Å². The van der Waals surface area contributed by atoms with Crippen LogP contribution >= 0.6 is 0 Å². The van der Waals surface area contributed by atoms with E-state index in [0.717, 1.165) is 48.8 Å². The number of carbonyl (C=O) groups is 1. The SMILES string of the molecule is O=C(NC1CCC(n2c(=O)c3cc(F)cnc3n(-c3cccc(-c4ccc(OCCN5CCCC5)cc4)c3)c2=O)CC1)C1=C[N+]2CN(F)C=CC2=N1. The van der Waals surface area contributed by atoms with Gasteiger partial charge in [0.25, 0.3) is 17.3 Å². The quantitative estimate of drug-likeness (QED) is 0.201. The number of hydrogen-bond acceptors (Lipinski definition) is 9. The zero-order chi connectivity index (χ0) is 35.8. The van der Waals surface area contributed by atoms with Crippen LogP contribution < -0.4 is 26.2 Å². The lowest BCUT2D eigenvalue weighted by molar-refractivity contribution is -0.118. The van der Waals surface area contributed by atoms with Gasteiger partial charge >= 0.3 is 5.69 Å². The summed E-state index contributed by atoms with van der Waals surface area (Å²) in [4.78, 5) is 53.6. The van der Waals surface area contributed by atoms with E-state index in [1.165, 1.54) is 40.5 Å². The smallest absolute Gasteiger partial charge is 0.337 e. The number of likely N-dealkylation sites (tertiary alicyclic amines) is 1. The number of fused-ring (bicyclic) bond motifs is 2. The Kier molecular flexibility index (Phi) is 9.24. The number of ether oxygens (including phenoxy) is 1. The second kappa shape index (κ2) is 14.3. The Balaban J connectivity index is 1.02. The number of carbonyl (C=O) groups excluding carboxylic acids is 1. The molecule has 3 aliphatic heterocycles. The number of halogens is 2. The van der Waals surface area contributed by atoms with Crippen molar-refractivity contribution in [2.75, 3.05) is 32.9 Å². The molecule has 1 saturated carbocycles. The van der Waals surface area contributed by atoms with Crippen molar-refractivity contribution >= 4 is 22.8 Å². The molecule has 0 spiro atoms. The molecule has 5 heterocycles. The molecule has 14 heteroatoms. The highest BCUT2D eigenvalue weighted by Gasteiger charge is 2.36. The average Bonchev–Trinajstić information content (AvgIpc) is 3.83. The lowest BCUT2D eigenvalue weighted by Gasteiger charge is -2.30. The number of amides is 1. The van der Waals surface area contributed by atoms with E-state index in [9.17, 15) is 23.3 Å². The normalized spacial score (nSPS) is 20.5. The van der Waals surface area contributed by atoms with Gasteiger partial charge < -0.3 is 10.1 Å². The van der Waals surface area contributed by atoms with Crippen LogP contribution in [-0.4, -0.2) is 74.8 Å². The van der Waals surface area contributed by atoms with E-state index in [0.29, 0.717) is 48.9 Å². The fraction of sp³-hybridized carbons (Fsp3) is 0.342.